The van der Waals surface area contributed by atoms with E-state index in [1.807, 2.05) is 11.1 Å². The molecule has 0 unspecified atom stereocenters. The van der Waals surface area contributed by atoms with Gasteiger partial charge in [0.1, 0.15) is 0 Å². The standard InChI is InChI=1S/C4H8O2.C2H4.Ag.2H2N/c1-3(2)4(5)6;1-2;;;/h3H,1-2H3,(H,5,6);1H,2H3;;2*1H2/q;;+2;2*-1. The van der Waals surface area contributed by atoms with Crippen molar-refractivity contribution in [2.45, 2.75) is 20.8 Å². The van der Waals surface area contributed by atoms with Crippen LogP contribution in [0.4, 0.5) is 0 Å². The van der Waals surface area contributed by atoms with E-state index < -0.39 is 24.5 Å². The SMILES string of the molecule is CC(C)C(=O)O.C[CH]=[Ag]([NH2])[NH2]. The summed E-state index contributed by atoms with van der Waals surface area (Å²) >= 11 is -1.01. The fourth-order valence-electron chi connectivity index (χ4n) is 0. The number of carbonyl (C=O) groups is 1. The van der Waals surface area contributed by atoms with E-state index >= 15 is 0 Å². The Morgan fingerprint density at radius 1 is 1.55 bits per heavy atom. The van der Waals surface area contributed by atoms with Crippen molar-refractivity contribution in [3.8, 4) is 0 Å². The fourth-order valence-corrected chi connectivity index (χ4v) is 0. The first-order valence-electron chi connectivity index (χ1n) is 2.97. The molecule has 11 heavy (non-hydrogen) atoms. The predicted molar refractivity (Wildman–Crippen MR) is 42.6 cm³/mol. The molecule has 5 heteroatoms. The van der Waals surface area contributed by atoms with Crippen LogP contribution in [0.25, 0.3) is 0 Å². The molecule has 73 valence electrons. The van der Waals surface area contributed by atoms with Gasteiger partial charge in [0.25, 0.3) is 0 Å². The molecule has 0 aromatic carbocycles. The molecule has 5 N–H and O–H groups in total. The molecule has 0 atom stereocenters. The summed E-state index contributed by atoms with van der Waals surface area (Å²) in [5, 5.41) is 7.99. The Morgan fingerprint density at radius 2 is 1.73 bits per heavy atom. The number of nitrogens with two attached hydrogens (primary N) is 2. The third-order valence-corrected chi connectivity index (χ3v) is 1.68. The summed E-state index contributed by atoms with van der Waals surface area (Å²) < 4.78 is 12.1. The molecule has 0 saturated carbocycles. The molecular formula is C6H16AgN2O2. The van der Waals surface area contributed by atoms with Crippen LogP contribution in [0.15, 0.2) is 0 Å². The number of hydrogen-bond donors (Lipinski definition) is 3. The topological polar surface area (TPSA) is 89.3 Å². The molecule has 0 radical (unpaired) electrons. The van der Waals surface area contributed by atoms with E-state index in [9.17, 15) is 4.79 Å². The Morgan fingerprint density at radius 3 is 1.73 bits per heavy atom. The molecule has 0 rings (SSSR count). The number of rotatable bonds is 1. The van der Waals surface area contributed by atoms with Crippen LogP contribution in [-0.4, -0.2) is 15.3 Å². The maximum atomic E-state index is 9.70. The molecule has 0 saturated heterocycles. The van der Waals surface area contributed by atoms with Gasteiger partial charge in [-0.05, 0) is 0 Å². The van der Waals surface area contributed by atoms with E-state index in [4.69, 9.17) is 13.4 Å². The van der Waals surface area contributed by atoms with Crippen LogP contribution in [0, 0.1) is 5.92 Å². The van der Waals surface area contributed by atoms with Gasteiger partial charge >= 0.3 is 43.9 Å². The summed E-state index contributed by atoms with van der Waals surface area (Å²) in [6.07, 6.45) is 0. The van der Waals surface area contributed by atoms with Crippen LogP contribution >= 0.6 is 0 Å². The average molecular weight is 256 g/mol. The van der Waals surface area contributed by atoms with Gasteiger partial charge in [-0.1, -0.05) is 13.8 Å². The predicted octanol–water partition coefficient (Wildman–Crippen LogP) is -0.0989. The third kappa shape index (κ3) is 17.8. The molecular weight excluding hydrogens is 240 g/mol. The molecule has 0 aliphatic heterocycles. The number of carboxylic acid groups (broad SMARTS) is 1. The van der Waals surface area contributed by atoms with Gasteiger partial charge in [-0.25, -0.2) is 0 Å². The Bertz CT molecular complexity index is 142. The van der Waals surface area contributed by atoms with E-state index in [0.717, 1.165) is 0 Å². The molecule has 0 bridgehead atoms. The average Bonchev–Trinajstić information content (AvgIpc) is 1.89. The van der Waals surface area contributed by atoms with E-state index in [1.54, 1.807) is 13.8 Å². The zero-order valence-corrected chi connectivity index (χ0v) is 8.45. The fraction of sp³-hybridized carbons (Fsp3) is 0.667. The van der Waals surface area contributed by atoms with Gasteiger partial charge in [0, 0.05) is 0 Å². The van der Waals surface area contributed by atoms with Crippen LogP contribution in [0.5, 0.6) is 0 Å². The Hall–Kier alpha value is 0.000260. The quantitative estimate of drug-likeness (QED) is 0.571. The summed E-state index contributed by atoms with van der Waals surface area (Å²) in [7, 11) is 0. The van der Waals surface area contributed by atoms with Crippen LogP contribution in [0.1, 0.15) is 20.8 Å². The summed E-state index contributed by atoms with van der Waals surface area (Å²) in [5.41, 5.74) is 0. The molecule has 0 fully saturated rings. The zero-order valence-electron chi connectivity index (χ0n) is 6.97. The Kier molecular flexibility index (Phi) is 10.0. The zero-order chi connectivity index (χ0) is 9.44. The van der Waals surface area contributed by atoms with Crippen molar-refractivity contribution in [3.63, 3.8) is 0 Å². The second-order valence-electron chi connectivity index (χ2n) is 1.97. The molecule has 0 heterocycles. The van der Waals surface area contributed by atoms with Gasteiger partial charge in [0.05, 0.1) is 5.92 Å². The summed E-state index contributed by atoms with van der Waals surface area (Å²) in [6.45, 7) is 5.15. The van der Waals surface area contributed by atoms with Crippen molar-refractivity contribution < 1.29 is 28.4 Å². The van der Waals surface area contributed by atoms with Crippen molar-refractivity contribution in [1.29, 1.82) is 0 Å². The second kappa shape index (κ2) is 8.10. The Balaban J connectivity index is 0. The normalized spacial score (nSPS) is 9.82. The monoisotopic (exact) mass is 255 g/mol. The summed E-state index contributed by atoms with van der Waals surface area (Å²) in [5.74, 6) is -0.972. The van der Waals surface area contributed by atoms with Gasteiger partial charge in [-0.15, -0.1) is 0 Å². The van der Waals surface area contributed by atoms with Crippen molar-refractivity contribution in [1.82, 2.24) is 0 Å². The first-order chi connectivity index (χ1) is 4.91. The molecule has 0 aromatic heterocycles. The van der Waals surface area contributed by atoms with Gasteiger partial charge in [0.15, 0.2) is 0 Å². The van der Waals surface area contributed by atoms with E-state index in [-0.39, 0.29) is 5.92 Å². The number of aliphatic carboxylic acids is 1. The van der Waals surface area contributed by atoms with Crippen molar-refractivity contribution in [2.24, 2.45) is 14.2 Å². The van der Waals surface area contributed by atoms with Gasteiger partial charge in [-0.2, -0.15) is 0 Å². The molecule has 0 aliphatic carbocycles. The maximum absolute atomic E-state index is 9.70. The number of carboxylic acids is 1. The molecule has 4 nitrogen and oxygen atoms in total. The van der Waals surface area contributed by atoms with Gasteiger partial charge in [0.2, 0.25) is 0 Å². The minimum absolute atomic E-state index is 0.231. The van der Waals surface area contributed by atoms with E-state index in [2.05, 4.69) is 0 Å². The molecule has 0 aliphatic rings. The summed E-state index contributed by atoms with van der Waals surface area (Å²) in [4.78, 5) is 9.70. The summed E-state index contributed by atoms with van der Waals surface area (Å²) in [6, 6.07) is 0. The second-order valence-corrected chi connectivity index (χ2v) is 4.31. The van der Waals surface area contributed by atoms with Crippen molar-refractivity contribution in [2.75, 3.05) is 0 Å². The third-order valence-electron chi connectivity index (χ3n) is 0.695. The van der Waals surface area contributed by atoms with Crippen LogP contribution in [-0.2, 0) is 23.3 Å². The number of hydrogen-bond acceptors (Lipinski definition) is 3. The van der Waals surface area contributed by atoms with Gasteiger partial charge < -0.3 is 5.11 Å². The molecule has 0 spiro atoms. The van der Waals surface area contributed by atoms with Gasteiger partial charge in [-0.3, -0.25) is 4.79 Å². The Labute approximate surface area is 73.8 Å². The molecule has 0 amide bonds. The first kappa shape index (κ1) is 13.6. The van der Waals surface area contributed by atoms with E-state index in [1.165, 1.54) is 0 Å². The first-order valence-corrected chi connectivity index (χ1v) is 5.54. The van der Waals surface area contributed by atoms with Crippen molar-refractivity contribution >= 4 is 10.2 Å². The van der Waals surface area contributed by atoms with Crippen LogP contribution in [0.3, 0.4) is 0 Å². The molecule has 0 aromatic rings. The van der Waals surface area contributed by atoms with E-state index in [0.29, 0.717) is 0 Å². The van der Waals surface area contributed by atoms with Crippen LogP contribution in [0.2, 0.25) is 0 Å². The van der Waals surface area contributed by atoms with Crippen molar-refractivity contribution in [3.05, 3.63) is 0 Å². The minimum atomic E-state index is -1.01. The van der Waals surface area contributed by atoms with Crippen LogP contribution < -0.4 is 8.27 Å².